The maximum Gasteiger partial charge on any atom is 0.287 e. The molecule has 0 bridgehead atoms. The molecular formula is C9H13F2N3O. The van der Waals surface area contributed by atoms with Gasteiger partial charge in [0.05, 0.1) is 6.54 Å². The molecule has 6 heteroatoms. The van der Waals surface area contributed by atoms with Crippen molar-refractivity contribution in [1.29, 1.82) is 0 Å². The quantitative estimate of drug-likeness (QED) is 0.704. The van der Waals surface area contributed by atoms with Gasteiger partial charge in [-0.1, -0.05) is 0 Å². The summed E-state index contributed by atoms with van der Waals surface area (Å²) in [6.07, 6.45) is 1.49. The van der Waals surface area contributed by atoms with E-state index >= 15 is 0 Å². The predicted octanol–water partition coefficient (Wildman–Crippen LogP) is 1.01. The van der Waals surface area contributed by atoms with E-state index in [1.165, 1.54) is 12.3 Å². The lowest BCUT2D eigenvalue weighted by Gasteiger charge is -2.14. The number of nitrogens with two attached hydrogens (primary N) is 1. The second-order valence-electron chi connectivity index (χ2n) is 3.29. The van der Waals surface area contributed by atoms with E-state index in [0.29, 0.717) is 5.69 Å². The normalized spacial score (nSPS) is 11.5. The van der Waals surface area contributed by atoms with Crippen molar-refractivity contribution in [3.05, 3.63) is 17.8 Å². The number of nitrogen functional groups attached to an aromatic ring is 1. The van der Waals surface area contributed by atoms with E-state index in [1.54, 1.807) is 6.92 Å². The fourth-order valence-electron chi connectivity index (χ4n) is 0.912. The van der Waals surface area contributed by atoms with Crippen LogP contribution in [-0.2, 0) is 0 Å². The number of nitrogens with zero attached hydrogens (tertiary/aromatic N) is 1. The van der Waals surface area contributed by atoms with Crippen molar-refractivity contribution in [2.75, 3.05) is 24.2 Å². The molecule has 1 aromatic heterocycles. The Morgan fingerprint density at radius 1 is 1.60 bits per heavy atom. The maximum atomic E-state index is 12.6. The zero-order valence-corrected chi connectivity index (χ0v) is 8.30. The first-order valence-corrected chi connectivity index (χ1v) is 4.39. The first-order chi connectivity index (χ1) is 6.94. The Labute approximate surface area is 86.1 Å². The van der Waals surface area contributed by atoms with Crippen molar-refractivity contribution in [3.63, 3.8) is 0 Å². The molecule has 0 fully saturated rings. The van der Waals surface area contributed by atoms with Gasteiger partial charge in [0.15, 0.2) is 0 Å². The van der Waals surface area contributed by atoms with Crippen molar-refractivity contribution >= 4 is 11.5 Å². The Morgan fingerprint density at radius 3 is 2.80 bits per heavy atom. The number of aliphatic hydroxyl groups is 1. The minimum absolute atomic E-state index is 0.270. The topological polar surface area (TPSA) is 71.2 Å². The summed E-state index contributed by atoms with van der Waals surface area (Å²) >= 11 is 0. The van der Waals surface area contributed by atoms with Crippen molar-refractivity contribution < 1.29 is 13.9 Å². The van der Waals surface area contributed by atoms with Gasteiger partial charge < -0.3 is 16.2 Å². The van der Waals surface area contributed by atoms with Crippen molar-refractivity contribution in [1.82, 2.24) is 4.98 Å². The summed E-state index contributed by atoms with van der Waals surface area (Å²) < 4.78 is 25.3. The molecule has 1 heterocycles. The van der Waals surface area contributed by atoms with Crippen LogP contribution in [0.1, 0.15) is 5.56 Å². The third-order valence-corrected chi connectivity index (χ3v) is 1.90. The third kappa shape index (κ3) is 3.32. The van der Waals surface area contributed by atoms with Gasteiger partial charge in [-0.15, -0.1) is 0 Å². The van der Waals surface area contributed by atoms with Crippen LogP contribution >= 0.6 is 0 Å². The highest BCUT2D eigenvalue weighted by Gasteiger charge is 2.27. The highest BCUT2D eigenvalue weighted by Crippen LogP contribution is 2.16. The molecule has 0 spiro atoms. The van der Waals surface area contributed by atoms with Crippen LogP contribution in [0.4, 0.5) is 20.3 Å². The summed E-state index contributed by atoms with van der Waals surface area (Å²) in [6, 6.07) is 1.47. The Hall–Kier alpha value is -1.43. The Morgan fingerprint density at radius 2 is 2.27 bits per heavy atom. The molecule has 0 radical (unpaired) electrons. The van der Waals surface area contributed by atoms with Gasteiger partial charge in [0.25, 0.3) is 5.92 Å². The molecule has 0 unspecified atom stereocenters. The second kappa shape index (κ2) is 4.39. The molecular weight excluding hydrogens is 204 g/mol. The summed E-state index contributed by atoms with van der Waals surface area (Å²) in [6.45, 7) is -0.0885. The number of aliphatic hydroxyl groups excluding tert-OH is 1. The average Bonchev–Trinajstić information content (AvgIpc) is 2.20. The van der Waals surface area contributed by atoms with Gasteiger partial charge in [0.1, 0.15) is 12.4 Å². The molecule has 4 N–H and O–H groups in total. The number of nitrogens with one attached hydrogen (secondary N) is 1. The maximum absolute atomic E-state index is 12.6. The van der Waals surface area contributed by atoms with E-state index in [0.717, 1.165) is 5.56 Å². The SMILES string of the molecule is Cc1cnc(NCC(F)(F)CO)cc1N. The van der Waals surface area contributed by atoms with E-state index < -0.39 is 19.1 Å². The summed E-state index contributed by atoms with van der Waals surface area (Å²) in [5.41, 5.74) is 6.85. The van der Waals surface area contributed by atoms with Crippen LogP contribution in [-0.4, -0.2) is 29.2 Å². The van der Waals surface area contributed by atoms with Gasteiger partial charge in [-0.2, -0.15) is 0 Å². The zero-order chi connectivity index (χ0) is 11.5. The van der Waals surface area contributed by atoms with Gasteiger partial charge in [-0.3, -0.25) is 0 Å². The molecule has 84 valence electrons. The number of aryl methyl sites for hydroxylation is 1. The fourth-order valence-corrected chi connectivity index (χ4v) is 0.912. The van der Waals surface area contributed by atoms with Gasteiger partial charge in [0, 0.05) is 18.0 Å². The molecule has 1 aromatic rings. The van der Waals surface area contributed by atoms with Crippen molar-refractivity contribution in [2.24, 2.45) is 0 Å². The molecule has 0 aliphatic carbocycles. The lowest BCUT2D eigenvalue weighted by Crippen LogP contribution is -2.31. The lowest BCUT2D eigenvalue weighted by molar-refractivity contribution is -0.0373. The van der Waals surface area contributed by atoms with E-state index in [-0.39, 0.29) is 5.82 Å². The lowest BCUT2D eigenvalue weighted by atomic mass is 10.2. The second-order valence-corrected chi connectivity index (χ2v) is 3.29. The van der Waals surface area contributed by atoms with Crippen LogP contribution in [0, 0.1) is 6.92 Å². The molecule has 0 atom stereocenters. The molecule has 1 rings (SSSR count). The summed E-state index contributed by atoms with van der Waals surface area (Å²) in [7, 11) is 0. The Bertz CT molecular complexity index is 344. The molecule has 0 saturated carbocycles. The molecule has 15 heavy (non-hydrogen) atoms. The predicted molar refractivity (Wildman–Crippen MR) is 53.9 cm³/mol. The van der Waals surface area contributed by atoms with Gasteiger partial charge in [-0.25, -0.2) is 13.8 Å². The first kappa shape index (κ1) is 11.6. The molecule has 4 nitrogen and oxygen atoms in total. The molecule has 0 amide bonds. The smallest absolute Gasteiger partial charge is 0.287 e. The number of hydrogen-bond donors (Lipinski definition) is 3. The average molecular weight is 217 g/mol. The fraction of sp³-hybridized carbons (Fsp3) is 0.444. The Kier molecular flexibility index (Phi) is 3.41. The van der Waals surface area contributed by atoms with E-state index in [9.17, 15) is 8.78 Å². The Balaban J connectivity index is 2.62. The van der Waals surface area contributed by atoms with Gasteiger partial charge >= 0.3 is 0 Å². The number of hydrogen-bond acceptors (Lipinski definition) is 4. The number of halogens is 2. The number of aromatic nitrogens is 1. The van der Waals surface area contributed by atoms with Crippen LogP contribution < -0.4 is 11.1 Å². The highest BCUT2D eigenvalue weighted by molar-refractivity contribution is 5.53. The minimum Gasteiger partial charge on any atom is -0.398 e. The van der Waals surface area contributed by atoms with E-state index in [2.05, 4.69) is 10.3 Å². The number of anilines is 2. The van der Waals surface area contributed by atoms with Crippen LogP contribution in [0.2, 0.25) is 0 Å². The molecule has 0 aromatic carbocycles. The molecule has 0 aliphatic heterocycles. The number of alkyl halides is 2. The zero-order valence-electron chi connectivity index (χ0n) is 8.30. The van der Waals surface area contributed by atoms with Gasteiger partial charge in [0.2, 0.25) is 0 Å². The largest absolute Gasteiger partial charge is 0.398 e. The van der Waals surface area contributed by atoms with Crippen LogP contribution in [0.25, 0.3) is 0 Å². The molecule has 0 saturated heterocycles. The summed E-state index contributed by atoms with van der Waals surface area (Å²) in [4.78, 5) is 3.87. The molecule has 0 aliphatic rings. The van der Waals surface area contributed by atoms with Crippen LogP contribution in [0.5, 0.6) is 0 Å². The van der Waals surface area contributed by atoms with Gasteiger partial charge in [-0.05, 0) is 12.5 Å². The van der Waals surface area contributed by atoms with Crippen molar-refractivity contribution in [2.45, 2.75) is 12.8 Å². The van der Waals surface area contributed by atoms with E-state index in [1.807, 2.05) is 0 Å². The summed E-state index contributed by atoms with van der Waals surface area (Å²) in [5.74, 6) is -2.88. The first-order valence-electron chi connectivity index (χ1n) is 4.39. The van der Waals surface area contributed by atoms with Crippen LogP contribution in [0.3, 0.4) is 0 Å². The van der Waals surface area contributed by atoms with Crippen molar-refractivity contribution in [3.8, 4) is 0 Å². The van der Waals surface area contributed by atoms with E-state index in [4.69, 9.17) is 10.8 Å². The van der Waals surface area contributed by atoms with Crippen LogP contribution in [0.15, 0.2) is 12.3 Å². The number of rotatable bonds is 4. The standard InChI is InChI=1S/C9H13F2N3O/c1-6-3-13-8(2-7(6)12)14-4-9(10,11)5-15/h2-3,15H,4-5H2,1H3,(H3,12,13,14). The number of pyridine rings is 1. The monoisotopic (exact) mass is 217 g/mol. The summed E-state index contributed by atoms with van der Waals surface area (Å²) in [5, 5.41) is 10.7. The highest BCUT2D eigenvalue weighted by atomic mass is 19.3. The minimum atomic E-state index is -3.15. The third-order valence-electron chi connectivity index (χ3n) is 1.90.